The molecule has 0 fully saturated rings. The molecule has 1 rings (SSSR count). The summed E-state index contributed by atoms with van der Waals surface area (Å²) >= 11 is 6.00. The Hall–Kier alpha value is -2.08. The van der Waals surface area contributed by atoms with Crippen LogP contribution >= 0.6 is 11.6 Å². The van der Waals surface area contributed by atoms with E-state index in [2.05, 4.69) is 10.6 Å². The highest BCUT2D eigenvalue weighted by molar-refractivity contribution is 6.34. The quantitative estimate of drug-likeness (QED) is 0.816. The number of rotatable bonds is 5. The first-order chi connectivity index (χ1) is 9.33. The molecule has 7 heteroatoms. The second kappa shape index (κ2) is 6.91. The maximum absolute atomic E-state index is 11.6. The Labute approximate surface area is 121 Å². The minimum absolute atomic E-state index is 0.228. The molecule has 20 heavy (non-hydrogen) atoms. The number of hydrogen-bond acceptors (Lipinski definition) is 4. The number of amides is 2. The molecule has 0 saturated heterocycles. The summed E-state index contributed by atoms with van der Waals surface area (Å²) in [5.74, 6) is -0.654. The van der Waals surface area contributed by atoms with E-state index in [1.807, 2.05) is 0 Å². The average Bonchev–Trinajstić information content (AvgIpc) is 2.30. The zero-order valence-electron chi connectivity index (χ0n) is 11.4. The zero-order chi connectivity index (χ0) is 15.3. The number of benzene rings is 1. The van der Waals surface area contributed by atoms with E-state index in [0.29, 0.717) is 17.1 Å². The van der Waals surface area contributed by atoms with Crippen LogP contribution in [0.2, 0.25) is 5.02 Å². The number of methoxy groups -OCH3 is 1. The molecule has 0 aliphatic carbocycles. The molecule has 1 aromatic rings. The molecule has 108 valence electrons. The predicted octanol–water partition coefficient (Wildman–Crippen LogP) is 2.22. The first-order valence-corrected chi connectivity index (χ1v) is 6.15. The van der Waals surface area contributed by atoms with Crippen LogP contribution in [0.15, 0.2) is 12.1 Å². The van der Waals surface area contributed by atoms with Gasteiger partial charge in [-0.05, 0) is 13.0 Å². The van der Waals surface area contributed by atoms with Gasteiger partial charge in [-0.2, -0.15) is 0 Å². The van der Waals surface area contributed by atoms with Crippen LogP contribution in [0.25, 0.3) is 0 Å². The number of anilines is 2. The monoisotopic (exact) mass is 298 g/mol. The molecule has 0 spiro atoms. The molecule has 0 aliphatic rings. The summed E-state index contributed by atoms with van der Waals surface area (Å²) in [4.78, 5) is 33.5. The molecule has 0 bridgehead atoms. The van der Waals surface area contributed by atoms with Gasteiger partial charge in [0.25, 0.3) is 0 Å². The van der Waals surface area contributed by atoms with Crippen LogP contribution in [0, 0.1) is 0 Å². The Morgan fingerprint density at radius 1 is 1.15 bits per heavy atom. The second-order valence-electron chi connectivity index (χ2n) is 4.14. The molecule has 0 unspecified atom stereocenters. The number of ketones is 1. The molecule has 0 aromatic heterocycles. The molecule has 0 saturated carbocycles. The van der Waals surface area contributed by atoms with E-state index in [1.54, 1.807) is 0 Å². The van der Waals surface area contributed by atoms with Crippen molar-refractivity contribution in [3.8, 4) is 5.75 Å². The Morgan fingerprint density at radius 2 is 1.80 bits per heavy atom. The van der Waals surface area contributed by atoms with Crippen LogP contribution in [0.5, 0.6) is 5.75 Å². The summed E-state index contributed by atoms with van der Waals surface area (Å²) in [6.45, 7) is 2.68. The predicted molar refractivity (Wildman–Crippen MR) is 76.2 cm³/mol. The Bertz CT molecular complexity index is 558. The summed E-state index contributed by atoms with van der Waals surface area (Å²) in [5, 5.41) is 5.32. The lowest BCUT2D eigenvalue weighted by atomic mass is 10.2. The fourth-order valence-corrected chi connectivity index (χ4v) is 1.74. The van der Waals surface area contributed by atoms with Crippen molar-refractivity contribution < 1.29 is 19.1 Å². The molecular weight excluding hydrogens is 284 g/mol. The molecule has 0 heterocycles. The van der Waals surface area contributed by atoms with E-state index in [-0.39, 0.29) is 23.1 Å². The lowest BCUT2D eigenvalue weighted by molar-refractivity contribution is -0.124. The summed E-state index contributed by atoms with van der Waals surface area (Å²) in [6.07, 6.45) is -0.228. The summed E-state index contributed by atoms with van der Waals surface area (Å²) in [7, 11) is 1.42. The van der Waals surface area contributed by atoms with Gasteiger partial charge in [0.05, 0.1) is 29.9 Å². The highest BCUT2D eigenvalue weighted by Crippen LogP contribution is 2.34. The smallest absolute Gasteiger partial charge is 0.231 e. The maximum Gasteiger partial charge on any atom is 0.231 e. The van der Waals surface area contributed by atoms with Crippen molar-refractivity contribution in [2.75, 3.05) is 17.7 Å². The van der Waals surface area contributed by atoms with Crippen LogP contribution in [0.3, 0.4) is 0 Å². The second-order valence-corrected chi connectivity index (χ2v) is 4.55. The third-order valence-corrected chi connectivity index (χ3v) is 2.60. The fraction of sp³-hybridized carbons (Fsp3) is 0.308. The molecule has 2 amide bonds. The zero-order valence-corrected chi connectivity index (χ0v) is 12.1. The number of halogens is 1. The van der Waals surface area contributed by atoms with E-state index in [1.165, 1.54) is 33.1 Å². The van der Waals surface area contributed by atoms with E-state index in [9.17, 15) is 14.4 Å². The Balaban J connectivity index is 3.02. The highest BCUT2D eigenvalue weighted by Gasteiger charge is 2.13. The van der Waals surface area contributed by atoms with Crippen molar-refractivity contribution in [3.63, 3.8) is 0 Å². The van der Waals surface area contributed by atoms with Crippen molar-refractivity contribution >= 4 is 40.6 Å². The Morgan fingerprint density at radius 3 is 2.30 bits per heavy atom. The van der Waals surface area contributed by atoms with E-state index < -0.39 is 5.91 Å². The van der Waals surface area contributed by atoms with Crippen molar-refractivity contribution in [2.24, 2.45) is 0 Å². The van der Waals surface area contributed by atoms with Crippen LogP contribution < -0.4 is 15.4 Å². The van der Waals surface area contributed by atoms with Crippen molar-refractivity contribution in [1.29, 1.82) is 0 Å². The van der Waals surface area contributed by atoms with E-state index in [4.69, 9.17) is 16.3 Å². The topological polar surface area (TPSA) is 84.5 Å². The summed E-state index contributed by atoms with van der Waals surface area (Å²) in [5.41, 5.74) is 0.707. The summed E-state index contributed by atoms with van der Waals surface area (Å²) < 4.78 is 5.12. The summed E-state index contributed by atoms with van der Waals surface area (Å²) in [6, 6.07) is 2.94. The number of nitrogens with one attached hydrogen (secondary N) is 2. The van der Waals surface area contributed by atoms with Crippen molar-refractivity contribution in [3.05, 3.63) is 17.2 Å². The van der Waals surface area contributed by atoms with Crippen LogP contribution in [-0.2, 0) is 14.4 Å². The van der Waals surface area contributed by atoms with E-state index in [0.717, 1.165) is 0 Å². The van der Waals surface area contributed by atoms with Gasteiger partial charge in [-0.1, -0.05) is 11.6 Å². The van der Waals surface area contributed by atoms with Gasteiger partial charge in [-0.25, -0.2) is 0 Å². The molecule has 1 aromatic carbocycles. The van der Waals surface area contributed by atoms with Gasteiger partial charge in [-0.3, -0.25) is 14.4 Å². The van der Waals surface area contributed by atoms with Crippen LogP contribution in [-0.4, -0.2) is 24.7 Å². The average molecular weight is 299 g/mol. The van der Waals surface area contributed by atoms with Gasteiger partial charge in [0.1, 0.15) is 11.5 Å². The largest absolute Gasteiger partial charge is 0.494 e. The maximum atomic E-state index is 11.6. The Kier molecular flexibility index (Phi) is 5.52. The molecular formula is C13H15ClN2O4. The van der Waals surface area contributed by atoms with Crippen molar-refractivity contribution in [2.45, 2.75) is 20.3 Å². The third-order valence-electron chi connectivity index (χ3n) is 2.28. The van der Waals surface area contributed by atoms with Crippen molar-refractivity contribution in [1.82, 2.24) is 0 Å². The minimum Gasteiger partial charge on any atom is -0.494 e. The fourth-order valence-electron chi connectivity index (χ4n) is 1.53. The number of hydrogen-bond donors (Lipinski definition) is 2. The number of carbonyl (C=O) groups excluding carboxylic acids is 3. The lowest BCUT2D eigenvalue weighted by Crippen LogP contribution is -2.15. The number of carbonyl (C=O) groups is 3. The van der Waals surface area contributed by atoms with Gasteiger partial charge in [0.15, 0.2) is 0 Å². The first kappa shape index (κ1) is 16.0. The minimum atomic E-state index is -0.459. The third kappa shape index (κ3) is 4.55. The van der Waals surface area contributed by atoms with E-state index >= 15 is 0 Å². The number of ether oxygens (including phenoxy) is 1. The lowest BCUT2D eigenvalue weighted by Gasteiger charge is -2.13. The molecule has 0 radical (unpaired) electrons. The standard InChI is InChI=1S/C13H15ClN2O4/c1-7(17)4-13(19)16-11-5-9(14)10(15-8(2)18)6-12(11)20-3/h5-6H,4H2,1-3H3,(H,15,18)(H,16,19). The molecule has 2 N–H and O–H groups in total. The van der Waals surface area contributed by atoms with Crippen LogP contribution in [0.1, 0.15) is 20.3 Å². The SMILES string of the molecule is COc1cc(NC(C)=O)c(Cl)cc1NC(=O)CC(C)=O. The molecule has 0 atom stereocenters. The first-order valence-electron chi connectivity index (χ1n) is 5.78. The highest BCUT2D eigenvalue weighted by atomic mass is 35.5. The van der Waals surface area contributed by atoms with Gasteiger partial charge in [0.2, 0.25) is 11.8 Å². The van der Waals surface area contributed by atoms with Gasteiger partial charge < -0.3 is 15.4 Å². The van der Waals surface area contributed by atoms with Gasteiger partial charge in [-0.15, -0.1) is 0 Å². The molecule has 0 aliphatic heterocycles. The molecule has 6 nitrogen and oxygen atoms in total. The van der Waals surface area contributed by atoms with Gasteiger partial charge >= 0.3 is 0 Å². The van der Waals surface area contributed by atoms with Gasteiger partial charge in [0, 0.05) is 13.0 Å². The number of Topliss-reactive ketones (excluding diaryl/α,β-unsaturated/α-hetero) is 1. The van der Waals surface area contributed by atoms with Crippen LogP contribution in [0.4, 0.5) is 11.4 Å². The normalized spacial score (nSPS) is 9.80.